The van der Waals surface area contributed by atoms with Crippen LogP contribution in [-0.4, -0.2) is 4.98 Å². The summed E-state index contributed by atoms with van der Waals surface area (Å²) in [5.74, 6) is 1.80. The molecule has 0 fully saturated rings. The lowest BCUT2D eigenvalue weighted by molar-refractivity contribution is 0.556. The van der Waals surface area contributed by atoms with Gasteiger partial charge in [0.15, 0.2) is 0 Å². The molecule has 0 aromatic carbocycles. The van der Waals surface area contributed by atoms with Crippen LogP contribution in [0.4, 0.5) is 0 Å². The molecular formula is C23H21NO2. The highest BCUT2D eigenvalue weighted by Gasteiger charge is 2.23. The third-order valence-electron chi connectivity index (χ3n) is 5.29. The van der Waals surface area contributed by atoms with Crippen molar-refractivity contribution in [2.75, 3.05) is 0 Å². The summed E-state index contributed by atoms with van der Waals surface area (Å²) in [4.78, 5) is 5.16. The van der Waals surface area contributed by atoms with Crippen LogP contribution in [0.3, 0.4) is 0 Å². The van der Waals surface area contributed by atoms with Crippen molar-refractivity contribution in [3.63, 3.8) is 0 Å². The fourth-order valence-corrected chi connectivity index (χ4v) is 4.09. The third kappa shape index (κ3) is 2.84. The molecule has 0 atom stereocenters. The second-order valence-corrected chi connectivity index (χ2v) is 7.08. The van der Waals surface area contributed by atoms with Crippen LogP contribution in [0.1, 0.15) is 59.7 Å². The lowest BCUT2D eigenvalue weighted by atomic mass is 9.85. The second kappa shape index (κ2) is 6.49. The standard InChI is InChI=1S/C23H21NO2/c1-5-16-13-17-6-2-8-19(15-21-10-4-12-26-21)23(17)24-22(16)18(7-1)14-20-9-3-11-25-20/h3-4,9-15H,1-2,5-8H2/b18-14-,19-15+. The summed E-state index contributed by atoms with van der Waals surface area (Å²) in [5.41, 5.74) is 7.63. The normalized spacial score (nSPS) is 19.5. The molecule has 0 saturated carbocycles. The largest absolute Gasteiger partial charge is 0.465 e. The Kier molecular flexibility index (Phi) is 3.85. The van der Waals surface area contributed by atoms with Crippen LogP contribution in [0, 0.1) is 0 Å². The average molecular weight is 343 g/mol. The first-order valence-electron chi connectivity index (χ1n) is 9.38. The van der Waals surface area contributed by atoms with Crippen LogP contribution >= 0.6 is 0 Å². The van der Waals surface area contributed by atoms with E-state index in [2.05, 4.69) is 18.2 Å². The van der Waals surface area contributed by atoms with Crippen LogP contribution < -0.4 is 0 Å². The highest BCUT2D eigenvalue weighted by Crippen LogP contribution is 2.37. The Hall–Kier alpha value is -2.81. The van der Waals surface area contributed by atoms with E-state index in [1.54, 1.807) is 12.5 Å². The molecule has 0 amide bonds. The Morgan fingerprint density at radius 1 is 0.731 bits per heavy atom. The minimum Gasteiger partial charge on any atom is -0.465 e. The van der Waals surface area contributed by atoms with Crippen LogP contribution in [0.2, 0.25) is 0 Å². The number of aryl methyl sites for hydroxylation is 2. The molecule has 3 aromatic heterocycles. The summed E-state index contributed by atoms with van der Waals surface area (Å²) in [6, 6.07) is 10.3. The smallest absolute Gasteiger partial charge is 0.126 e. The molecule has 3 heteroatoms. The SMILES string of the molecule is C(=C1\CCCc2cc3c(nc21)/C(=C/c1ccco1)CCC3)/c1ccco1. The predicted molar refractivity (Wildman–Crippen MR) is 103 cm³/mol. The minimum atomic E-state index is 0.902. The van der Waals surface area contributed by atoms with Gasteiger partial charge in [-0.05, 0) is 97.2 Å². The molecule has 3 aromatic rings. The fourth-order valence-electron chi connectivity index (χ4n) is 4.09. The molecule has 0 N–H and O–H groups in total. The number of hydrogen-bond acceptors (Lipinski definition) is 3. The zero-order valence-electron chi connectivity index (χ0n) is 14.7. The molecular weight excluding hydrogens is 322 g/mol. The van der Waals surface area contributed by atoms with Crippen molar-refractivity contribution in [3.8, 4) is 0 Å². The van der Waals surface area contributed by atoms with E-state index in [1.807, 2.05) is 24.3 Å². The molecule has 0 saturated heterocycles. The highest BCUT2D eigenvalue weighted by molar-refractivity contribution is 5.85. The van der Waals surface area contributed by atoms with E-state index < -0.39 is 0 Å². The Morgan fingerprint density at radius 2 is 1.27 bits per heavy atom. The van der Waals surface area contributed by atoms with E-state index in [0.29, 0.717) is 0 Å². The molecule has 0 spiro atoms. The number of nitrogens with zero attached hydrogens (tertiary/aromatic N) is 1. The summed E-state index contributed by atoms with van der Waals surface area (Å²) in [6.45, 7) is 0. The van der Waals surface area contributed by atoms with Crippen molar-refractivity contribution in [1.29, 1.82) is 0 Å². The number of rotatable bonds is 2. The molecule has 130 valence electrons. The van der Waals surface area contributed by atoms with Crippen LogP contribution in [0.25, 0.3) is 23.3 Å². The zero-order chi connectivity index (χ0) is 17.3. The molecule has 3 nitrogen and oxygen atoms in total. The quantitative estimate of drug-likeness (QED) is 0.571. The van der Waals surface area contributed by atoms with Gasteiger partial charge in [0.2, 0.25) is 0 Å². The Labute approximate surface area is 153 Å². The topological polar surface area (TPSA) is 39.2 Å². The van der Waals surface area contributed by atoms with Gasteiger partial charge in [0.25, 0.3) is 0 Å². The molecule has 26 heavy (non-hydrogen) atoms. The minimum absolute atomic E-state index is 0.902. The lowest BCUT2D eigenvalue weighted by Crippen LogP contribution is -2.12. The molecule has 0 radical (unpaired) electrons. The fraction of sp³-hybridized carbons (Fsp3) is 0.261. The van der Waals surface area contributed by atoms with Crippen molar-refractivity contribution in [2.24, 2.45) is 0 Å². The van der Waals surface area contributed by atoms with Gasteiger partial charge in [0, 0.05) is 0 Å². The van der Waals surface area contributed by atoms with E-state index in [1.165, 1.54) is 35.1 Å². The summed E-state index contributed by atoms with van der Waals surface area (Å²) in [7, 11) is 0. The lowest BCUT2D eigenvalue weighted by Gasteiger charge is -2.24. The first-order chi connectivity index (χ1) is 12.9. The van der Waals surface area contributed by atoms with E-state index in [0.717, 1.165) is 48.6 Å². The van der Waals surface area contributed by atoms with Crippen molar-refractivity contribution in [1.82, 2.24) is 4.98 Å². The number of fused-ring (bicyclic) bond motifs is 2. The zero-order valence-corrected chi connectivity index (χ0v) is 14.7. The number of pyridine rings is 1. The first kappa shape index (κ1) is 15.4. The van der Waals surface area contributed by atoms with Gasteiger partial charge in [-0.3, -0.25) is 0 Å². The third-order valence-corrected chi connectivity index (χ3v) is 5.29. The number of allylic oxidation sites excluding steroid dienone is 2. The summed E-state index contributed by atoms with van der Waals surface area (Å²) in [5, 5.41) is 0. The van der Waals surface area contributed by atoms with Gasteiger partial charge in [-0.15, -0.1) is 0 Å². The molecule has 2 aliphatic carbocycles. The molecule has 2 aliphatic rings. The average Bonchev–Trinajstić information content (AvgIpc) is 3.35. The maximum Gasteiger partial charge on any atom is 0.126 e. The molecule has 0 bridgehead atoms. The Morgan fingerprint density at radius 3 is 1.73 bits per heavy atom. The van der Waals surface area contributed by atoms with E-state index in [4.69, 9.17) is 13.8 Å². The van der Waals surface area contributed by atoms with E-state index in [-0.39, 0.29) is 0 Å². The maximum atomic E-state index is 5.53. The first-order valence-corrected chi connectivity index (χ1v) is 9.38. The van der Waals surface area contributed by atoms with Gasteiger partial charge in [-0.2, -0.15) is 0 Å². The summed E-state index contributed by atoms with van der Waals surface area (Å²) >= 11 is 0. The Balaban J connectivity index is 1.62. The van der Waals surface area contributed by atoms with Crippen LogP contribution in [-0.2, 0) is 12.8 Å². The molecule has 0 aliphatic heterocycles. The van der Waals surface area contributed by atoms with Crippen molar-refractivity contribution in [3.05, 3.63) is 76.9 Å². The van der Waals surface area contributed by atoms with Gasteiger partial charge >= 0.3 is 0 Å². The van der Waals surface area contributed by atoms with Gasteiger partial charge in [0.1, 0.15) is 11.5 Å². The van der Waals surface area contributed by atoms with Crippen molar-refractivity contribution >= 4 is 23.3 Å². The summed E-state index contributed by atoms with van der Waals surface area (Å²) < 4.78 is 11.1. The second-order valence-electron chi connectivity index (χ2n) is 7.08. The van der Waals surface area contributed by atoms with Crippen LogP contribution in [0.5, 0.6) is 0 Å². The molecule has 5 rings (SSSR count). The monoisotopic (exact) mass is 343 g/mol. The highest BCUT2D eigenvalue weighted by atomic mass is 16.3. The predicted octanol–water partition coefficient (Wildman–Crippen LogP) is 6.02. The molecule has 0 unspecified atom stereocenters. The van der Waals surface area contributed by atoms with E-state index >= 15 is 0 Å². The van der Waals surface area contributed by atoms with Gasteiger partial charge in [0.05, 0.1) is 23.9 Å². The number of aromatic nitrogens is 1. The number of furan rings is 2. The van der Waals surface area contributed by atoms with Gasteiger partial charge in [-0.25, -0.2) is 4.98 Å². The maximum absolute atomic E-state index is 5.53. The van der Waals surface area contributed by atoms with Crippen LogP contribution in [0.15, 0.2) is 51.7 Å². The van der Waals surface area contributed by atoms with E-state index in [9.17, 15) is 0 Å². The van der Waals surface area contributed by atoms with Crippen molar-refractivity contribution in [2.45, 2.75) is 38.5 Å². The van der Waals surface area contributed by atoms with Gasteiger partial charge in [-0.1, -0.05) is 6.07 Å². The van der Waals surface area contributed by atoms with Crippen molar-refractivity contribution < 1.29 is 8.83 Å². The Bertz CT molecular complexity index is 898. The van der Waals surface area contributed by atoms with Gasteiger partial charge < -0.3 is 8.83 Å². The molecule has 3 heterocycles. The summed E-state index contributed by atoms with van der Waals surface area (Å²) in [6.07, 6.45) is 14.4. The number of hydrogen-bond donors (Lipinski definition) is 0.